The van der Waals surface area contributed by atoms with Crippen molar-refractivity contribution in [1.82, 2.24) is 0 Å². The first-order valence-electron chi connectivity index (χ1n) is 17.3. The Balaban J connectivity index is 0. The zero-order valence-electron chi connectivity index (χ0n) is 26.6. The van der Waals surface area contributed by atoms with E-state index >= 15 is 0 Å². The van der Waals surface area contributed by atoms with Crippen molar-refractivity contribution in [1.29, 1.82) is 0 Å². The first kappa shape index (κ1) is 40.1. The monoisotopic (exact) mass is 551 g/mol. The molecular formula is C36H70O3. The molecule has 0 saturated carbocycles. The summed E-state index contributed by atoms with van der Waals surface area (Å²) in [7, 11) is 0. The summed E-state index contributed by atoms with van der Waals surface area (Å²) in [5.74, 6) is -0.671. The summed E-state index contributed by atoms with van der Waals surface area (Å²) >= 11 is 0. The second kappa shape index (κ2) is 39.1. The molecule has 0 aliphatic carbocycles. The van der Waals surface area contributed by atoms with E-state index in [1.807, 2.05) is 0 Å². The first-order chi connectivity index (χ1) is 19.2. The van der Waals surface area contributed by atoms with Crippen LogP contribution in [0.25, 0.3) is 0 Å². The summed E-state index contributed by atoms with van der Waals surface area (Å²) in [6.07, 6.45) is 44.5. The number of hydrogen-bond acceptors (Lipinski definition) is 2. The van der Waals surface area contributed by atoms with Gasteiger partial charge in [-0.2, -0.15) is 0 Å². The molecule has 0 radical (unpaired) electrons. The molecule has 0 amide bonds. The molecule has 0 aromatic heterocycles. The topological polar surface area (TPSA) is 57.5 Å². The second-order valence-electron chi connectivity index (χ2n) is 11.4. The number of unbranched alkanes of at least 4 members (excludes halogenated alkanes) is 23. The minimum Gasteiger partial charge on any atom is -0.481 e. The quantitative estimate of drug-likeness (QED) is 0.0690. The highest BCUT2D eigenvalue weighted by molar-refractivity contribution is 5.66. The van der Waals surface area contributed by atoms with Crippen LogP contribution in [0.15, 0.2) is 24.3 Å². The number of aliphatic hydroxyl groups is 1. The van der Waals surface area contributed by atoms with Gasteiger partial charge in [0.1, 0.15) is 0 Å². The molecule has 3 nitrogen and oxygen atoms in total. The van der Waals surface area contributed by atoms with Crippen LogP contribution in [-0.2, 0) is 4.79 Å². The lowest BCUT2D eigenvalue weighted by Crippen LogP contribution is -1.93. The van der Waals surface area contributed by atoms with Crippen LogP contribution in [0.5, 0.6) is 0 Å². The van der Waals surface area contributed by atoms with Crippen molar-refractivity contribution in [3.63, 3.8) is 0 Å². The molecule has 0 bridgehead atoms. The molecular weight excluding hydrogens is 480 g/mol. The average molecular weight is 551 g/mol. The van der Waals surface area contributed by atoms with E-state index in [9.17, 15) is 4.79 Å². The summed E-state index contributed by atoms with van der Waals surface area (Å²) in [6, 6.07) is 0. The van der Waals surface area contributed by atoms with Gasteiger partial charge in [0.15, 0.2) is 0 Å². The molecule has 0 fully saturated rings. The smallest absolute Gasteiger partial charge is 0.303 e. The van der Waals surface area contributed by atoms with Gasteiger partial charge < -0.3 is 10.2 Å². The Morgan fingerprint density at radius 3 is 1.21 bits per heavy atom. The maximum absolute atomic E-state index is 10.3. The third kappa shape index (κ3) is 44.2. The SMILES string of the molecule is CCCCC/C=C\C/C=C\CCCCCCCC(=O)O.CCCCCCCCCCCCCCCCCCO. The lowest BCUT2D eigenvalue weighted by Gasteiger charge is -2.03. The molecule has 39 heavy (non-hydrogen) atoms. The Kier molecular flexibility index (Phi) is 40.1. The van der Waals surface area contributed by atoms with Crippen molar-refractivity contribution in [3.05, 3.63) is 24.3 Å². The predicted octanol–water partition coefficient (Wildman–Crippen LogP) is 12.1. The fourth-order valence-electron chi connectivity index (χ4n) is 4.75. The van der Waals surface area contributed by atoms with Crippen LogP contribution in [-0.4, -0.2) is 22.8 Å². The van der Waals surface area contributed by atoms with Gasteiger partial charge in [-0.15, -0.1) is 0 Å². The minimum absolute atomic E-state index is 0.324. The highest BCUT2D eigenvalue weighted by Gasteiger charge is 1.96. The lowest BCUT2D eigenvalue weighted by atomic mass is 10.0. The third-order valence-electron chi connectivity index (χ3n) is 7.35. The predicted molar refractivity (Wildman–Crippen MR) is 174 cm³/mol. The molecule has 0 aromatic carbocycles. The Morgan fingerprint density at radius 1 is 0.462 bits per heavy atom. The first-order valence-corrected chi connectivity index (χ1v) is 17.3. The molecule has 0 aliphatic rings. The highest BCUT2D eigenvalue weighted by Crippen LogP contribution is 2.13. The number of aliphatic carboxylic acids is 1. The van der Waals surface area contributed by atoms with Crippen molar-refractivity contribution in [2.24, 2.45) is 0 Å². The highest BCUT2D eigenvalue weighted by atomic mass is 16.4. The van der Waals surface area contributed by atoms with Crippen LogP contribution in [0.4, 0.5) is 0 Å². The molecule has 0 unspecified atom stereocenters. The van der Waals surface area contributed by atoms with Gasteiger partial charge in [0.2, 0.25) is 0 Å². The maximum Gasteiger partial charge on any atom is 0.303 e. The molecule has 0 aromatic rings. The van der Waals surface area contributed by atoms with Crippen LogP contribution in [0.1, 0.15) is 194 Å². The van der Waals surface area contributed by atoms with E-state index in [-0.39, 0.29) is 0 Å². The zero-order valence-corrected chi connectivity index (χ0v) is 26.6. The second-order valence-corrected chi connectivity index (χ2v) is 11.4. The summed E-state index contributed by atoms with van der Waals surface area (Å²) < 4.78 is 0. The normalized spacial score (nSPS) is 11.4. The van der Waals surface area contributed by atoms with E-state index in [0.717, 1.165) is 32.1 Å². The van der Waals surface area contributed by atoms with Gasteiger partial charge >= 0.3 is 5.97 Å². The van der Waals surface area contributed by atoms with Crippen LogP contribution < -0.4 is 0 Å². The molecule has 232 valence electrons. The Hall–Kier alpha value is -1.09. The van der Waals surface area contributed by atoms with Crippen LogP contribution in [0, 0.1) is 0 Å². The molecule has 3 heteroatoms. The zero-order chi connectivity index (χ0) is 28.9. The largest absolute Gasteiger partial charge is 0.481 e. The number of allylic oxidation sites excluding steroid dienone is 4. The number of carbonyl (C=O) groups is 1. The van der Waals surface area contributed by atoms with Crippen molar-refractivity contribution in [3.8, 4) is 0 Å². The molecule has 2 N–H and O–H groups in total. The fourth-order valence-corrected chi connectivity index (χ4v) is 4.75. The van der Waals surface area contributed by atoms with Crippen LogP contribution in [0.2, 0.25) is 0 Å². The van der Waals surface area contributed by atoms with Crippen LogP contribution >= 0.6 is 0 Å². The number of carboxylic acids is 1. The molecule has 0 atom stereocenters. The third-order valence-corrected chi connectivity index (χ3v) is 7.35. The standard InChI is InChI=1S/C18H32O2.C18H38O/c1-2-3-4-5-6-7-8-9-10-11-12-13-14-15-16-17-18(19)20;1-2-3-4-5-6-7-8-9-10-11-12-13-14-15-16-17-18-19/h6-7,9-10H,2-5,8,11-17H2,1H3,(H,19,20);19H,2-18H2,1H3/b7-6-,10-9-;. The van der Waals surface area contributed by atoms with Crippen LogP contribution in [0.3, 0.4) is 0 Å². The van der Waals surface area contributed by atoms with Gasteiger partial charge in [0.25, 0.3) is 0 Å². The maximum atomic E-state index is 10.3. The van der Waals surface area contributed by atoms with Crippen molar-refractivity contribution in [2.45, 2.75) is 194 Å². The van der Waals surface area contributed by atoms with E-state index in [2.05, 4.69) is 38.2 Å². The Labute approximate surface area is 245 Å². The van der Waals surface area contributed by atoms with E-state index in [4.69, 9.17) is 10.2 Å². The summed E-state index contributed by atoms with van der Waals surface area (Å²) in [5, 5.41) is 17.2. The minimum atomic E-state index is -0.671. The van der Waals surface area contributed by atoms with E-state index in [1.165, 1.54) is 141 Å². The Bertz CT molecular complexity index is 482. The van der Waals surface area contributed by atoms with Gasteiger partial charge in [-0.05, 0) is 44.9 Å². The van der Waals surface area contributed by atoms with E-state index < -0.39 is 5.97 Å². The van der Waals surface area contributed by atoms with Gasteiger partial charge in [0.05, 0.1) is 0 Å². The average Bonchev–Trinajstić information content (AvgIpc) is 2.93. The molecule has 0 spiro atoms. The van der Waals surface area contributed by atoms with Crippen molar-refractivity contribution < 1.29 is 15.0 Å². The molecule has 0 aliphatic heterocycles. The number of rotatable bonds is 30. The summed E-state index contributed by atoms with van der Waals surface area (Å²) in [6.45, 7) is 4.89. The summed E-state index contributed by atoms with van der Waals surface area (Å²) in [4.78, 5) is 10.3. The summed E-state index contributed by atoms with van der Waals surface area (Å²) in [5.41, 5.74) is 0. The van der Waals surface area contributed by atoms with E-state index in [1.54, 1.807) is 0 Å². The molecule has 0 heterocycles. The fraction of sp³-hybridized carbons (Fsp3) is 0.861. The molecule has 0 rings (SSSR count). The van der Waals surface area contributed by atoms with Gasteiger partial charge in [0, 0.05) is 13.0 Å². The van der Waals surface area contributed by atoms with Crippen molar-refractivity contribution >= 4 is 5.97 Å². The van der Waals surface area contributed by atoms with Gasteiger partial charge in [-0.3, -0.25) is 4.79 Å². The number of aliphatic hydroxyl groups excluding tert-OH is 1. The van der Waals surface area contributed by atoms with E-state index in [0.29, 0.717) is 13.0 Å². The van der Waals surface area contributed by atoms with Gasteiger partial charge in [-0.25, -0.2) is 0 Å². The van der Waals surface area contributed by atoms with Crippen molar-refractivity contribution in [2.75, 3.05) is 6.61 Å². The lowest BCUT2D eigenvalue weighted by molar-refractivity contribution is -0.137. The number of carboxylic acid groups (broad SMARTS) is 1. The number of hydrogen-bond donors (Lipinski definition) is 2. The molecule has 0 saturated heterocycles. The van der Waals surface area contributed by atoms with Gasteiger partial charge in [-0.1, -0.05) is 167 Å². The Morgan fingerprint density at radius 2 is 0.795 bits per heavy atom.